The molecule has 0 amide bonds. The lowest BCUT2D eigenvalue weighted by Crippen LogP contribution is -2.26. The third-order valence-electron chi connectivity index (χ3n) is 3.90. The van der Waals surface area contributed by atoms with Gasteiger partial charge in [0.2, 0.25) is 0 Å². The Bertz CT molecular complexity index is 365. The zero-order valence-corrected chi connectivity index (χ0v) is 14.0. The molecule has 0 saturated carbocycles. The largest absolute Gasteiger partial charge is 0.312 e. The van der Waals surface area contributed by atoms with Crippen LogP contribution in [0.15, 0.2) is 12.1 Å². The molecule has 1 fully saturated rings. The summed E-state index contributed by atoms with van der Waals surface area (Å²) in [7, 11) is 0. The van der Waals surface area contributed by atoms with Gasteiger partial charge in [0.25, 0.3) is 0 Å². The molecule has 1 aromatic heterocycles. The Morgan fingerprint density at radius 3 is 2.40 bits per heavy atom. The zero-order chi connectivity index (χ0) is 14.2. The van der Waals surface area contributed by atoms with Crippen LogP contribution < -0.4 is 5.32 Å². The van der Waals surface area contributed by atoms with Gasteiger partial charge < -0.3 is 5.32 Å². The number of nitrogens with one attached hydrogen (secondary N) is 1. The molecule has 0 unspecified atom stereocenters. The zero-order valence-electron chi connectivity index (χ0n) is 13.2. The second-order valence-corrected chi connectivity index (χ2v) is 7.69. The van der Waals surface area contributed by atoms with Crippen LogP contribution in [0.5, 0.6) is 0 Å². The first kappa shape index (κ1) is 16.0. The maximum atomic E-state index is 3.53. The van der Waals surface area contributed by atoms with E-state index >= 15 is 0 Å². The molecule has 1 N–H and O–H groups in total. The summed E-state index contributed by atoms with van der Waals surface area (Å²) in [5.74, 6) is 0.732. The van der Waals surface area contributed by atoms with Gasteiger partial charge in [-0.3, -0.25) is 4.90 Å². The summed E-state index contributed by atoms with van der Waals surface area (Å²) < 4.78 is 0. The molecular formula is C17H30N2S. The molecule has 0 aliphatic carbocycles. The SMILES string of the molecule is CC(C)CNCc1ccc(CN2CCCCCCC2)s1. The van der Waals surface area contributed by atoms with Crippen molar-refractivity contribution in [3.63, 3.8) is 0 Å². The van der Waals surface area contributed by atoms with Gasteiger partial charge in [-0.25, -0.2) is 0 Å². The molecule has 0 radical (unpaired) electrons. The Kier molecular flexibility index (Phi) is 7.05. The highest BCUT2D eigenvalue weighted by Crippen LogP contribution is 2.20. The molecular weight excluding hydrogens is 264 g/mol. The number of hydrogen-bond acceptors (Lipinski definition) is 3. The molecule has 0 aromatic carbocycles. The molecule has 1 saturated heterocycles. The van der Waals surface area contributed by atoms with Crippen molar-refractivity contribution in [3.05, 3.63) is 21.9 Å². The van der Waals surface area contributed by atoms with Gasteiger partial charge in [0.1, 0.15) is 0 Å². The van der Waals surface area contributed by atoms with Gasteiger partial charge in [0.15, 0.2) is 0 Å². The molecule has 0 spiro atoms. The fourth-order valence-corrected chi connectivity index (χ4v) is 3.81. The van der Waals surface area contributed by atoms with Crippen LogP contribution in [0, 0.1) is 5.92 Å². The minimum absolute atomic E-state index is 0.732. The third-order valence-corrected chi connectivity index (χ3v) is 4.97. The van der Waals surface area contributed by atoms with Crippen LogP contribution in [0.25, 0.3) is 0 Å². The molecule has 0 bridgehead atoms. The summed E-state index contributed by atoms with van der Waals surface area (Å²) in [5, 5.41) is 3.53. The average molecular weight is 295 g/mol. The molecule has 0 atom stereocenters. The number of likely N-dealkylation sites (tertiary alicyclic amines) is 1. The Labute approximate surface area is 128 Å². The topological polar surface area (TPSA) is 15.3 Å². The van der Waals surface area contributed by atoms with E-state index in [2.05, 4.69) is 36.2 Å². The molecule has 1 aliphatic heterocycles. The van der Waals surface area contributed by atoms with Gasteiger partial charge in [-0.05, 0) is 50.5 Å². The minimum Gasteiger partial charge on any atom is -0.312 e. The first-order valence-electron chi connectivity index (χ1n) is 8.24. The van der Waals surface area contributed by atoms with Crippen molar-refractivity contribution in [2.75, 3.05) is 19.6 Å². The van der Waals surface area contributed by atoms with E-state index < -0.39 is 0 Å². The Morgan fingerprint density at radius 1 is 1.05 bits per heavy atom. The fraction of sp³-hybridized carbons (Fsp3) is 0.765. The molecule has 114 valence electrons. The Morgan fingerprint density at radius 2 is 1.70 bits per heavy atom. The smallest absolute Gasteiger partial charge is 0.0328 e. The van der Waals surface area contributed by atoms with Crippen LogP contribution in [-0.2, 0) is 13.1 Å². The van der Waals surface area contributed by atoms with Gasteiger partial charge in [0, 0.05) is 22.8 Å². The van der Waals surface area contributed by atoms with Gasteiger partial charge in [-0.1, -0.05) is 33.1 Å². The predicted molar refractivity (Wildman–Crippen MR) is 89.2 cm³/mol. The van der Waals surface area contributed by atoms with E-state index in [0.717, 1.165) is 25.6 Å². The van der Waals surface area contributed by atoms with Crippen molar-refractivity contribution in [2.45, 2.75) is 59.0 Å². The van der Waals surface area contributed by atoms with Gasteiger partial charge in [-0.2, -0.15) is 0 Å². The lowest BCUT2D eigenvalue weighted by molar-refractivity contribution is 0.241. The fourth-order valence-electron chi connectivity index (χ4n) is 2.78. The van der Waals surface area contributed by atoms with Gasteiger partial charge in [0.05, 0.1) is 0 Å². The summed E-state index contributed by atoms with van der Waals surface area (Å²) in [6.45, 7) is 10.4. The Hall–Kier alpha value is -0.380. The van der Waals surface area contributed by atoms with Crippen molar-refractivity contribution in [1.82, 2.24) is 10.2 Å². The predicted octanol–water partition coefficient (Wildman–Crippen LogP) is 4.26. The second kappa shape index (κ2) is 8.81. The number of hydrogen-bond donors (Lipinski definition) is 1. The minimum atomic E-state index is 0.732. The highest BCUT2D eigenvalue weighted by Gasteiger charge is 2.10. The van der Waals surface area contributed by atoms with E-state index in [1.165, 1.54) is 54.9 Å². The second-order valence-electron chi connectivity index (χ2n) is 6.44. The lowest BCUT2D eigenvalue weighted by Gasteiger charge is -2.23. The summed E-state index contributed by atoms with van der Waals surface area (Å²) in [4.78, 5) is 5.66. The van der Waals surface area contributed by atoms with Crippen molar-refractivity contribution in [2.24, 2.45) is 5.92 Å². The lowest BCUT2D eigenvalue weighted by atomic mass is 10.1. The van der Waals surface area contributed by atoms with Crippen molar-refractivity contribution in [1.29, 1.82) is 0 Å². The maximum Gasteiger partial charge on any atom is 0.0328 e. The van der Waals surface area contributed by atoms with Crippen LogP contribution >= 0.6 is 11.3 Å². The first-order valence-corrected chi connectivity index (χ1v) is 9.06. The molecule has 1 aromatic rings. The molecule has 20 heavy (non-hydrogen) atoms. The van der Waals surface area contributed by atoms with Crippen molar-refractivity contribution < 1.29 is 0 Å². The van der Waals surface area contributed by atoms with Gasteiger partial charge >= 0.3 is 0 Å². The first-order chi connectivity index (χ1) is 9.74. The quantitative estimate of drug-likeness (QED) is 0.843. The molecule has 2 nitrogen and oxygen atoms in total. The van der Waals surface area contributed by atoms with E-state index in [9.17, 15) is 0 Å². The normalized spacial score (nSPS) is 18.1. The van der Waals surface area contributed by atoms with Crippen LogP contribution in [0.4, 0.5) is 0 Å². The van der Waals surface area contributed by atoms with Crippen LogP contribution in [0.3, 0.4) is 0 Å². The summed E-state index contributed by atoms with van der Waals surface area (Å²) >= 11 is 1.99. The summed E-state index contributed by atoms with van der Waals surface area (Å²) in [5.41, 5.74) is 0. The van der Waals surface area contributed by atoms with Crippen molar-refractivity contribution >= 4 is 11.3 Å². The summed E-state index contributed by atoms with van der Waals surface area (Å²) in [6.07, 6.45) is 7.05. The molecule has 2 rings (SSSR count). The van der Waals surface area contributed by atoms with Gasteiger partial charge in [-0.15, -0.1) is 11.3 Å². The molecule has 2 heterocycles. The highest BCUT2D eigenvalue weighted by atomic mass is 32.1. The van der Waals surface area contributed by atoms with Crippen LogP contribution in [-0.4, -0.2) is 24.5 Å². The molecule has 1 aliphatic rings. The summed E-state index contributed by atoms with van der Waals surface area (Å²) in [6, 6.07) is 4.63. The average Bonchev–Trinajstić information content (AvgIpc) is 2.80. The van der Waals surface area contributed by atoms with E-state index in [0.29, 0.717) is 0 Å². The van der Waals surface area contributed by atoms with E-state index in [1.807, 2.05) is 11.3 Å². The van der Waals surface area contributed by atoms with Crippen LogP contribution in [0.2, 0.25) is 0 Å². The monoisotopic (exact) mass is 294 g/mol. The van der Waals surface area contributed by atoms with E-state index in [1.54, 1.807) is 0 Å². The van der Waals surface area contributed by atoms with Crippen LogP contribution in [0.1, 0.15) is 55.7 Å². The standard InChI is InChI=1S/C17H30N2S/c1-15(2)12-18-13-16-8-9-17(20-16)14-19-10-6-4-3-5-7-11-19/h8-9,15,18H,3-7,10-14H2,1-2H3. The van der Waals surface area contributed by atoms with E-state index in [-0.39, 0.29) is 0 Å². The van der Waals surface area contributed by atoms with E-state index in [4.69, 9.17) is 0 Å². The van der Waals surface area contributed by atoms with Crippen molar-refractivity contribution in [3.8, 4) is 0 Å². The third kappa shape index (κ3) is 5.94. The molecule has 3 heteroatoms. The number of thiophene rings is 1. The Balaban J connectivity index is 1.76. The number of rotatable bonds is 6. The highest BCUT2D eigenvalue weighted by molar-refractivity contribution is 7.11. The maximum absolute atomic E-state index is 3.53. The number of nitrogens with zero attached hydrogens (tertiary/aromatic N) is 1.